The molecule has 148 valence electrons. The van der Waals surface area contributed by atoms with Gasteiger partial charge in [0.1, 0.15) is 5.75 Å². The minimum absolute atomic E-state index is 0.406. The number of hydrogen-bond acceptors (Lipinski definition) is 4. The van der Waals surface area contributed by atoms with E-state index in [0.717, 1.165) is 11.1 Å². The molecule has 1 atom stereocenters. The van der Waals surface area contributed by atoms with Gasteiger partial charge < -0.3 is 14.8 Å². The fourth-order valence-corrected chi connectivity index (χ4v) is 2.85. The zero-order chi connectivity index (χ0) is 20.8. The van der Waals surface area contributed by atoms with Crippen LogP contribution < -0.4 is 10.1 Å². The van der Waals surface area contributed by atoms with E-state index in [-0.39, 0.29) is 0 Å². The van der Waals surface area contributed by atoms with E-state index in [4.69, 9.17) is 9.47 Å². The van der Waals surface area contributed by atoms with Crippen molar-refractivity contribution in [3.05, 3.63) is 95.1 Å². The van der Waals surface area contributed by atoms with Crippen molar-refractivity contribution in [2.45, 2.75) is 20.0 Å². The second-order valence-corrected chi connectivity index (χ2v) is 6.72. The van der Waals surface area contributed by atoms with Gasteiger partial charge >= 0.3 is 5.97 Å². The number of ether oxygens (including phenoxy) is 2. The molecule has 0 saturated carbocycles. The summed E-state index contributed by atoms with van der Waals surface area (Å²) in [5, 5.41) is 2.80. The molecule has 3 aromatic rings. The van der Waals surface area contributed by atoms with Gasteiger partial charge in [0, 0.05) is 17.3 Å². The molecule has 5 heteroatoms. The van der Waals surface area contributed by atoms with Crippen LogP contribution in [0, 0.1) is 13.8 Å². The second-order valence-electron chi connectivity index (χ2n) is 6.72. The molecule has 0 saturated heterocycles. The average Bonchev–Trinajstić information content (AvgIpc) is 2.74. The highest BCUT2D eigenvalue weighted by Crippen LogP contribution is 2.24. The molecule has 3 rings (SSSR count). The fraction of sp³-hybridized carbons (Fsp3) is 0.167. The van der Waals surface area contributed by atoms with Crippen LogP contribution in [0.3, 0.4) is 0 Å². The Hall–Kier alpha value is -3.60. The van der Waals surface area contributed by atoms with Crippen molar-refractivity contribution in [2.75, 3.05) is 12.4 Å². The van der Waals surface area contributed by atoms with Crippen LogP contribution in [0.25, 0.3) is 0 Å². The molecule has 1 N–H and O–H groups in total. The zero-order valence-electron chi connectivity index (χ0n) is 16.6. The molecular formula is C24H23NO4. The largest absolute Gasteiger partial charge is 0.497 e. The van der Waals surface area contributed by atoms with Crippen LogP contribution in [0.5, 0.6) is 5.75 Å². The van der Waals surface area contributed by atoms with Crippen molar-refractivity contribution in [1.29, 1.82) is 0 Å². The summed E-state index contributed by atoms with van der Waals surface area (Å²) in [4.78, 5) is 25.7. The lowest BCUT2D eigenvalue weighted by atomic mass is 10.1. The highest BCUT2D eigenvalue weighted by Gasteiger charge is 2.26. The summed E-state index contributed by atoms with van der Waals surface area (Å²) >= 11 is 0. The predicted octanol–water partition coefficient (Wildman–Crippen LogP) is 4.85. The molecule has 0 aliphatic heterocycles. The number of amides is 1. The third kappa shape index (κ3) is 5.02. The van der Waals surface area contributed by atoms with Gasteiger partial charge in [-0.3, -0.25) is 4.79 Å². The van der Waals surface area contributed by atoms with Gasteiger partial charge in [0.2, 0.25) is 6.10 Å². The number of methoxy groups -OCH3 is 1. The molecule has 0 aliphatic carbocycles. The van der Waals surface area contributed by atoms with Gasteiger partial charge in [-0.25, -0.2) is 4.79 Å². The van der Waals surface area contributed by atoms with E-state index < -0.39 is 18.0 Å². The molecule has 0 aromatic heterocycles. The van der Waals surface area contributed by atoms with Crippen molar-refractivity contribution < 1.29 is 19.1 Å². The van der Waals surface area contributed by atoms with Gasteiger partial charge in [-0.2, -0.15) is 0 Å². The van der Waals surface area contributed by atoms with Gasteiger partial charge in [0.05, 0.1) is 12.7 Å². The standard InChI is InChI=1S/C24H23NO4/c1-16-12-13-19(14-17(16)2)24(27)29-22(18-8-5-4-6-9-18)23(26)25-20-10-7-11-21(15-20)28-3/h4-15,22H,1-3H3,(H,25,26)/t22-/m0/s1. The van der Waals surface area contributed by atoms with Gasteiger partial charge in [-0.15, -0.1) is 0 Å². The van der Waals surface area contributed by atoms with Crippen LogP contribution in [0.15, 0.2) is 72.8 Å². The number of rotatable bonds is 6. The van der Waals surface area contributed by atoms with E-state index in [1.54, 1.807) is 67.8 Å². The number of carbonyl (C=O) groups is 2. The molecule has 0 aliphatic rings. The maximum Gasteiger partial charge on any atom is 0.339 e. The summed E-state index contributed by atoms with van der Waals surface area (Å²) in [6, 6.07) is 21.3. The van der Waals surface area contributed by atoms with Crippen molar-refractivity contribution in [2.24, 2.45) is 0 Å². The van der Waals surface area contributed by atoms with E-state index in [2.05, 4.69) is 5.32 Å². The lowest BCUT2D eigenvalue weighted by Crippen LogP contribution is -2.26. The molecule has 1 amide bonds. The quantitative estimate of drug-likeness (QED) is 0.612. The minimum atomic E-state index is -1.09. The molecule has 0 radical (unpaired) electrons. The molecular weight excluding hydrogens is 366 g/mol. The minimum Gasteiger partial charge on any atom is -0.497 e. The van der Waals surface area contributed by atoms with Crippen LogP contribution >= 0.6 is 0 Å². The molecule has 0 bridgehead atoms. The zero-order valence-corrected chi connectivity index (χ0v) is 16.6. The van der Waals surface area contributed by atoms with E-state index in [1.165, 1.54) is 0 Å². The Bertz CT molecular complexity index is 1010. The van der Waals surface area contributed by atoms with Crippen LogP contribution in [0.1, 0.15) is 33.2 Å². The maximum absolute atomic E-state index is 13.0. The first-order valence-electron chi connectivity index (χ1n) is 9.26. The van der Waals surface area contributed by atoms with Gasteiger partial charge in [-0.05, 0) is 49.2 Å². The smallest absolute Gasteiger partial charge is 0.339 e. The first-order valence-corrected chi connectivity index (χ1v) is 9.26. The molecule has 0 spiro atoms. The van der Waals surface area contributed by atoms with Crippen LogP contribution in [0.4, 0.5) is 5.69 Å². The summed E-state index contributed by atoms with van der Waals surface area (Å²) in [6.45, 7) is 3.90. The first kappa shape index (κ1) is 20.1. The number of nitrogens with one attached hydrogen (secondary N) is 1. The average molecular weight is 389 g/mol. The first-order chi connectivity index (χ1) is 14.0. The lowest BCUT2D eigenvalue weighted by molar-refractivity contribution is -0.125. The van der Waals surface area contributed by atoms with Crippen molar-refractivity contribution in [1.82, 2.24) is 0 Å². The Morgan fingerprint density at radius 3 is 2.31 bits per heavy atom. The molecule has 5 nitrogen and oxygen atoms in total. The fourth-order valence-electron chi connectivity index (χ4n) is 2.85. The molecule has 29 heavy (non-hydrogen) atoms. The number of carbonyl (C=O) groups excluding carboxylic acids is 2. The monoisotopic (exact) mass is 389 g/mol. The van der Waals surface area contributed by atoms with Gasteiger partial charge in [0.15, 0.2) is 0 Å². The number of benzene rings is 3. The summed E-state index contributed by atoms with van der Waals surface area (Å²) in [7, 11) is 1.55. The Morgan fingerprint density at radius 2 is 1.62 bits per heavy atom. The summed E-state index contributed by atoms with van der Waals surface area (Å²) in [5.41, 5.74) is 3.61. The topological polar surface area (TPSA) is 64.6 Å². The molecule has 0 fully saturated rings. The van der Waals surface area contributed by atoms with E-state index in [9.17, 15) is 9.59 Å². The highest BCUT2D eigenvalue weighted by atomic mass is 16.5. The SMILES string of the molecule is COc1cccc(NC(=O)[C@@H](OC(=O)c2ccc(C)c(C)c2)c2ccccc2)c1. The van der Waals surface area contributed by atoms with Crippen molar-refractivity contribution in [3.8, 4) is 5.75 Å². The van der Waals surface area contributed by atoms with E-state index >= 15 is 0 Å². The number of esters is 1. The highest BCUT2D eigenvalue weighted by molar-refractivity contribution is 5.98. The Labute approximate surface area is 170 Å². The summed E-state index contributed by atoms with van der Waals surface area (Å²) in [6.07, 6.45) is -1.09. The van der Waals surface area contributed by atoms with Crippen molar-refractivity contribution >= 4 is 17.6 Å². The van der Waals surface area contributed by atoms with Gasteiger partial charge in [-0.1, -0.05) is 42.5 Å². The maximum atomic E-state index is 13.0. The summed E-state index contributed by atoms with van der Waals surface area (Å²) in [5.74, 6) is -0.379. The molecule has 3 aromatic carbocycles. The Kier molecular flexibility index (Phi) is 6.29. The Morgan fingerprint density at radius 1 is 0.862 bits per heavy atom. The van der Waals surface area contributed by atoms with Gasteiger partial charge in [0.25, 0.3) is 5.91 Å². The predicted molar refractivity (Wildman–Crippen MR) is 112 cm³/mol. The third-order valence-electron chi connectivity index (χ3n) is 4.65. The second kappa shape index (κ2) is 9.06. The molecule has 0 heterocycles. The number of aryl methyl sites for hydroxylation is 2. The normalized spacial score (nSPS) is 11.4. The Balaban J connectivity index is 1.85. The van der Waals surface area contributed by atoms with Crippen LogP contribution in [-0.2, 0) is 9.53 Å². The lowest BCUT2D eigenvalue weighted by Gasteiger charge is -2.18. The van der Waals surface area contributed by atoms with E-state index in [0.29, 0.717) is 22.6 Å². The van der Waals surface area contributed by atoms with Crippen LogP contribution in [0.2, 0.25) is 0 Å². The van der Waals surface area contributed by atoms with Crippen molar-refractivity contribution in [3.63, 3.8) is 0 Å². The third-order valence-corrected chi connectivity index (χ3v) is 4.65. The summed E-state index contributed by atoms with van der Waals surface area (Å²) < 4.78 is 10.8. The van der Waals surface area contributed by atoms with E-state index in [1.807, 2.05) is 26.0 Å². The molecule has 0 unspecified atom stereocenters. The number of anilines is 1. The number of hydrogen-bond donors (Lipinski definition) is 1. The van der Waals surface area contributed by atoms with Crippen LogP contribution in [-0.4, -0.2) is 19.0 Å².